The Labute approximate surface area is 118 Å². The van der Waals surface area contributed by atoms with Crippen molar-refractivity contribution in [1.29, 1.82) is 0 Å². The second-order valence-electron chi connectivity index (χ2n) is 4.69. The quantitative estimate of drug-likeness (QED) is 0.898. The molecule has 1 saturated heterocycles. The molecular formula is C12H16F3N3OS. The van der Waals surface area contributed by atoms with Gasteiger partial charge in [-0.2, -0.15) is 13.2 Å². The zero-order valence-corrected chi connectivity index (χ0v) is 11.8. The first-order chi connectivity index (χ1) is 9.41. The molecule has 8 heteroatoms. The average Bonchev–Trinajstić information content (AvgIpc) is 3.04. The summed E-state index contributed by atoms with van der Waals surface area (Å²) in [6.45, 7) is 2.60. The Morgan fingerprint density at radius 3 is 2.90 bits per heavy atom. The molecule has 2 rings (SSSR count). The normalized spacial score (nSPS) is 20.9. The van der Waals surface area contributed by atoms with Gasteiger partial charge in [-0.15, -0.1) is 11.3 Å². The minimum absolute atomic E-state index is 0.168. The van der Waals surface area contributed by atoms with Crippen LogP contribution in [-0.2, 0) is 11.0 Å². The summed E-state index contributed by atoms with van der Waals surface area (Å²) < 4.78 is 37.6. The molecule has 0 radical (unpaired) electrons. The highest BCUT2D eigenvalue weighted by Crippen LogP contribution is 2.32. The van der Waals surface area contributed by atoms with Crippen molar-refractivity contribution in [3.05, 3.63) is 16.1 Å². The molecule has 2 atom stereocenters. The van der Waals surface area contributed by atoms with Crippen LogP contribution in [-0.4, -0.2) is 23.5 Å². The standard InChI is InChI=1S/C12H16F3N3OS/c1-2-7(17-10(19)8-4-3-5-16-8)11-18-9(6-20-11)12(13,14)15/h6-8,16H,2-5H2,1H3,(H,17,19)/t7-,8-/m0/s1. The van der Waals surface area contributed by atoms with E-state index in [1.54, 1.807) is 0 Å². The fraction of sp³-hybridized carbons (Fsp3) is 0.667. The number of halogens is 3. The van der Waals surface area contributed by atoms with Crippen molar-refractivity contribution >= 4 is 17.2 Å². The van der Waals surface area contributed by atoms with E-state index < -0.39 is 17.9 Å². The number of alkyl halides is 3. The Hall–Kier alpha value is -1.15. The maximum Gasteiger partial charge on any atom is 0.434 e. The third kappa shape index (κ3) is 3.49. The van der Waals surface area contributed by atoms with Gasteiger partial charge in [-0.05, 0) is 25.8 Å². The highest BCUT2D eigenvalue weighted by atomic mass is 32.1. The SMILES string of the molecule is CC[C@H](NC(=O)[C@@H]1CCCN1)c1nc(C(F)(F)F)cs1. The molecule has 0 aromatic carbocycles. The first-order valence-electron chi connectivity index (χ1n) is 6.48. The highest BCUT2D eigenvalue weighted by Gasteiger charge is 2.34. The topological polar surface area (TPSA) is 54.0 Å². The Kier molecular flexibility index (Phi) is 4.64. The molecule has 1 aliphatic rings. The first-order valence-corrected chi connectivity index (χ1v) is 7.36. The number of hydrogen-bond acceptors (Lipinski definition) is 4. The molecule has 1 aromatic rings. The molecule has 1 fully saturated rings. The lowest BCUT2D eigenvalue weighted by molar-refractivity contribution is -0.140. The van der Waals surface area contributed by atoms with Crippen LogP contribution in [0.1, 0.15) is 42.9 Å². The summed E-state index contributed by atoms with van der Waals surface area (Å²) in [5.41, 5.74) is -0.899. The molecule has 0 spiro atoms. The summed E-state index contributed by atoms with van der Waals surface area (Å²) in [5, 5.41) is 7.11. The van der Waals surface area contributed by atoms with E-state index in [9.17, 15) is 18.0 Å². The number of carbonyl (C=O) groups excluding carboxylic acids is 1. The number of aromatic nitrogens is 1. The number of rotatable bonds is 4. The zero-order chi connectivity index (χ0) is 14.8. The lowest BCUT2D eigenvalue weighted by atomic mass is 10.2. The first kappa shape index (κ1) is 15.2. The van der Waals surface area contributed by atoms with Crippen LogP contribution < -0.4 is 10.6 Å². The lowest BCUT2D eigenvalue weighted by Gasteiger charge is -2.17. The smallest absolute Gasteiger partial charge is 0.346 e. The minimum Gasteiger partial charge on any atom is -0.346 e. The molecule has 2 heterocycles. The van der Waals surface area contributed by atoms with E-state index in [1.165, 1.54) is 0 Å². The second kappa shape index (κ2) is 6.09. The van der Waals surface area contributed by atoms with Crippen molar-refractivity contribution in [2.75, 3.05) is 6.54 Å². The Bertz CT molecular complexity index is 469. The number of thiazole rings is 1. The van der Waals surface area contributed by atoms with E-state index in [0.717, 1.165) is 36.1 Å². The minimum atomic E-state index is -4.44. The molecule has 1 aliphatic heterocycles. The Morgan fingerprint density at radius 2 is 2.40 bits per heavy atom. The van der Waals surface area contributed by atoms with Crippen LogP contribution in [0, 0.1) is 0 Å². The number of nitrogens with zero attached hydrogens (tertiary/aromatic N) is 1. The van der Waals surface area contributed by atoms with E-state index in [1.807, 2.05) is 6.92 Å². The van der Waals surface area contributed by atoms with Gasteiger partial charge in [0.2, 0.25) is 5.91 Å². The van der Waals surface area contributed by atoms with Gasteiger partial charge in [-0.25, -0.2) is 4.98 Å². The second-order valence-corrected chi connectivity index (χ2v) is 5.58. The average molecular weight is 307 g/mol. The highest BCUT2D eigenvalue weighted by molar-refractivity contribution is 7.09. The van der Waals surface area contributed by atoms with Crippen molar-refractivity contribution in [2.45, 2.75) is 44.4 Å². The van der Waals surface area contributed by atoms with Crippen LogP contribution in [0.2, 0.25) is 0 Å². The largest absolute Gasteiger partial charge is 0.434 e. The van der Waals surface area contributed by atoms with Gasteiger partial charge in [0.15, 0.2) is 5.69 Å². The van der Waals surface area contributed by atoms with Gasteiger partial charge in [-0.3, -0.25) is 4.79 Å². The summed E-state index contributed by atoms with van der Waals surface area (Å²) >= 11 is 0.927. The van der Waals surface area contributed by atoms with E-state index in [2.05, 4.69) is 15.6 Å². The monoisotopic (exact) mass is 307 g/mol. The molecule has 0 unspecified atom stereocenters. The van der Waals surface area contributed by atoms with Gasteiger partial charge in [0.25, 0.3) is 0 Å². The van der Waals surface area contributed by atoms with Crippen LogP contribution in [0.5, 0.6) is 0 Å². The van der Waals surface area contributed by atoms with Crippen molar-refractivity contribution in [3.63, 3.8) is 0 Å². The predicted octanol–water partition coefficient (Wildman–Crippen LogP) is 2.48. The molecule has 4 nitrogen and oxygen atoms in total. The van der Waals surface area contributed by atoms with E-state index in [-0.39, 0.29) is 11.9 Å². The van der Waals surface area contributed by atoms with Crippen LogP contribution in [0.4, 0.5) is 13.2 Å². The molecule has 112 valence electrons. The summed E-state index contributed by atoms with van der Waals surface area (Å²) in [4.78, 5) is 15.6. The molecule has 0 bridgehead atoms. The van der Waals surface area contributed by atoms with Gasteiger partial charge in [-0.1, -0.05) is 6.92 Å². The number of hydrogen-bond donors (Lipinski definition) is 2. The maximum atomic E-state index is 12.5. The lowest BCUT2D eigenvalue weighted by Crippen LogP contribution is -2.41. The van der Waals surface area contributed by atoms with Gasteiger partial charge in [0.1, 0.15) is 5.01 Å². The maximum absolute atomic E-state index is 12.5. The number of amides is 1. The van der Waals surface area contributed by atoms with Crippen molar-refractivity contribution in [3.8, 4) is 0 Å². The molecular weight excluding hydrogens is 291 g/mol. The molecule has 2 N–H and O–H groups in total. The van der Waals surface area contributed by atoms with E-state index in [0.29, 0.717) is 11.4 Å². The number of carbonyl (C=O) groups is 1. The molecule has 1 aromatic heterocycles. The predicted molar refractivity (Wildman–Crippen MR) is 69.3 cm³/mol. The third-order valence-electron chi connectivity index (χ3n) is 3.21. The van der Waals surface area contributed by atoms with Gasteiger partial charge >= 0.3 is 6.18 Å². The van der Waals surface area contributed by atoms with Crippen LogP contribution >= 0.6 is 11.3 Å². The molecule has 0 aliphatic carbocycles. The Balaban J connectivity index is 2.04. The fourth-order valence-electron chi connectivity index (χ4n) is 2.10. The number of nitrogens with one attached hydrogen (secondary N) is 2. The van der Waals surface area contributed by atoms with Gasteiger partial charge < -0.3 is 10.6 Å². The van der Waals surface area contributed by atoms with E-state index >= 15 is 0 Å². The van der Waals surface area contributed by atoms with Crippen molar-refractivity contribution in [1.82, 2.24) is 15.6 Å². The van der Waals surface area contributed by atoms with Gasteiger partial charge in [0.05, 0.1) is 12.1 Å². The molecule has 20 heavy (non-hydrogen) atoms. The van der Waals surface area contributed by atoms with Gasteiger partial charge in [0, 0.05) is 5.38 Å². The van der Waals surface area contributed by atoms with Crippen LogP contribution in [0.3, 0.4) is 0 Å². The zero-order valence-electron chi connectivity index (χ0n) is 11.0. The third-order valence-corrected chi connectivity index (χ3v) is 4.17. The van der Waals surface area contributed by atoms with Crippen LogP contribution in [0.15, 0.2) is 5.38 Å². The summed E-state index contributed by atoms with van der Waals surface area (Å²) in [6.07, 6.45) is -2.24. The van der Waals surface area contributed by atoms with Crippen LogP contribution in [0.25, 0.3) is 0 Å². The fourth-order valence-corrected chi connectivity index (χ4v) is 3.06. The van der Waals surface area contributed by atoms with Crippen molar-refractivity contribution in [2.24, 2.45) is 0 Å². The van der Waals surface area contributed by atoms with E-state index in [4.69, 9.17) is 0 Å². The summed E-state index contributed by atoms with van der Waals surface area (Å²) in [7, 11) is 0. The molecule has 1 amide bonds. The summed E-state index contributed by atoms with van der Waals surface area (Å²) in [5.74, 6) is -0.168. The van der Waals surface area contributed by atoms with Crippen molar-refractivity contribution < 1.29 is 18.0 Å². The summed E-state index contributed by atoms with van der Waals surface area (Å²) in [6, 6.07) is -0.711. The Morgan fingerprint density at radius 1 is 1.65 bits per heavy atom. The molecule has 0 saturated carbocycles.